The van der Waals surface area contributed by atoms with Crippen molar-refractivity contribution in [2.75, 3.05) is 13.2 Å². The molecule has 0 radical (unpaired) electrons. The molecule has 1 aromatic heterocycles. The molecule has 3 aromatic rings. The highest BCUT2D eigenvalue weighted by Crippen LogP contribution is 2.44. The second kappa shape index (κ2) is 8.89. The van der Waals surface area contributed by atoms with Crippen molar-refractivity contribution in [2.45, 2.75) is 12.3 Å². The van der Waals surface area contributed by atoms with Crippen molar-refractivity contribution in [2.24, 2.45) is 0 Å². The second-order valence-corrected chi connectivity index (χ2v) is 7.19. The third kappa shape index (κ3) is 4.24. The van der Waals surface area contributed by atoms with Crippen LogP contribution in [0.15, 0.2) is 60.7 Å². The average Bonchev–Trinajstić information content (AvgIpc) is 3.08. The zero-order valence-electron chi connectivity index (χ0n) is 16.1. The zero-order valence-corrected chi connectivity index (χ0v) is 16.8. The number of aromatic nitrogens is 1. The van der Waals surface area contributed by atoms with Crippen molar-refractivity contribution >= 4 is 17.7 Å². The van der Waals surface area contributed by atoms with Gasteiger partial charge in [0.15, 0.2) is 5.69 Å². The lowest BCUT2D eigenvalue weighted by atomic mass is 9.98. The van der Waals surface area contributed by atoms with E-state index in [9.17, 15) is 9.90 Å². The smallest absolute Gasteiger partial charge is 0.407 e. The Labute approximate surface area is 179 Å². The summed E-state index contributed by atoms with van der Waals surface area (Å²) in [5.74, 6) is 5.58. The van der Waals surface area contributed by atoms with E-state index < -0.39 is 6.09 Å². The normalized spacial score (nSPS) is 11.8. The molecule has 1 heterocycles. The number of nitrogens with zero attached hydrogens (tertiary/aromatic N) is 1. The van der Waals surface area contributed by atoms with Crippen LogP contribution in [0.25, 0.3) is 11.1 Å². The fourth-order valence-electron chi connectivity index (χ4n) is 3.54. The highest BCUT2D eigenvalue weighted by molar-refractivity contribution is 6.29. The number of hydrogen-bond acceptors (Lipinski definition) is 4. The Hall–Kier alpha value is -3.49. The van der Waals surface area contributed by atoms with Gasteiger partial charge in [0, 0.05) is 18.9 Å². The first-order valence-electron chi connectivity index (χ1n) is 9.56. The van der Waals surface area contributed by atoms with Crippen LogP contribution in [0.3, 0.4) is 0 Å². The molecule has 0 saturated heterocycles. The molecule has 6 heteroatoms. The zero-order chi connectivity index (χ0) is 20.9. The minimum atomic E-state index is -0.484. The van der Waals surface area contributed by atoms with Crippen molar-refractivity contribution in [3.8, 4) is 28.7 Å². The number of aromatic hydroxyl groups is 1. The molecule has 4 rings (SSSR count). The number of carbonyl (C=O) groups excluding carboxylic acids is 1. The first-order chi connectivity index (χ1) is 14.6. The summed E-state index contributed by atoms with van der Waals surface area (Å²) >= 11 is 5.79. The lowest BCUT2D eigenvalue weighted by Gasteiger charge is -2.14. The van der Waals surface area contributed by atoms with E-state index in [1.807, 2.05) is 24.3 Å². The molecule has 1 aliphatic rings. The maximum atomic E-state index is 12.1. The van der Waals surface area contributed by atoms with Crippen molar-refractivity contribution in [3.63, 3.8) is 0 Å². The molecular formula is C24H19ClN2O3. The van der Waals surface area contributed by atoms with Crippen molar-refractivity contribution < 1.29 is 14.6 Å². The number of pyridine rings is 1. The van der Waals surface area contributed by atoms with Crippen LogP contribution in [0.2, 0.25) is 5.15 Å². The van der Waals surface area contributed by atoms with Crippen molar-refractivity contribution in [1.29, 1.82) is 0 Å². The van der Waals surface area contributed by atoms with Gasteiger partial charge in [0.1, 0.15) is 17.5 Å². The molecule has 0 aliphatic heterocycles. The number of amides is 1. The minimum Gasteiger partial charge on any atom is -0.505 e. The van der Waals surface area contributed by atoms with Crippen LogP contribution in [0, 0.1) is 11.8 Å². The number of rotatable bonds is 4. The molecule has 1 amide bonds. The van der Waals surface area contributed by atoms with E-state index in [1.165, 1.54) is 34.4 Å². The SMILES string of the molecule is O=C(NCCC#Cc1nc(Cl)ccc1O)OCC1c2ccccc2-c2ccccc21. The van der Waals surface area contributed by atoms with E-state index in [0.29, 0.717) is 13.0 Å². The summed E-state index contributed by atoms with van der Waals surface area (Å²) in [6, 6.07) is 19.3. The first kappa shape index (κ1) is 19.8. The van der Waals surface area contributed by atoms with Crippen LogP contribution in [-0.4, -0.2) is 29.3 Å². The number of halogens is 1. The number of hydrogen-bond donors (Lipinski definition) is 2. The van der Waals surface area contributed by atoms with Gasteiger partial charge in [-0.25, -0.2) is 9.78 Å². The average molecular weight is 419 g/mol. The van der Waals surface area contributed by atoms with Crippen LogP contribution in [-0.2, 0) is 4.74 Å². The summed E-state index contributed by atoms with van der Waals surface area (Å²) in [6.45, 7) is 0.594. The Balaban J connectivity index is 1.30. The Bertz CT molecular complexity index is 1100. The molecule has 0 atom stereocenters. The predicted molar refractivity (Wildman–Crippen MR) is 115 cm³/mol. The topological polar surface area (TPSA) is 71.5 Å². The molecule has 0 bridgehead atoms. The van der Waals surface area contributed by atoms with Crippen LogP contribution < -0.4 is 5.32 Å². The van der Waals surface area contributed by atoms with Crippen LogP contribution in [0.4, 0.5) is 4.79 Å². The number of carbonyl (C=O) groups is 1. The minimum absolute atomic E-state index is 0.0276. The first-order valence-corrected chi connectivity index (χ1v) is 9.94. The van der Waals surface area contributed by atoms with E-state index in [2.05, 4.69) is 46.4 Å². The molecule has 0 fully saturated rings. The number of alkyl carbamates (subject to hydrolysis) is 1. The summed E-state index contributed by atoms with van der Waals surface area (Å²) in [5, 5.41) is 12.6. The number of benzene rings is 2. The summed E-state index contributed by atoms with van der Waals surface area (Å²) in [6.07, 6.45) is -0.0972. The highest BCUT2D eigenvalue weighted by atomic mass is 35.5. The van der Waals surface area contributed by atoms with E-state index in [0.717, 1.165) is 0 Å². The van der Waals surface area contributed by atoms with Crippen molar-refractivity contribution in [1.82, 2.24) is 10.3 Å². The van der Waals surface area contributed by atoms with Gasteiger partial charge in [-0.3, -0.25) is 0 Å². The van der Waals surface area contributed by atoms with Gasteiger partial charge in [-0.1, -0.05) is 66.1 Å². The van der Waals surface area contributed by atoms with Gasteiger partial charge >= 0.3 is 6.09 Å². The molecule has 0 saturated carbocycles. The van der Waals surface area contributed by atoms with E-state index in [-0.39, 0.29) is 29.1 Å². The molecule has 30 heavy (non-hydrogen) atoms. The highest BCUT2D eigenvalue weighted by Gasteiger charge is 2.28. The Morgan fingerprint density at radius 1 is 1.07 bits per heavy atom. The summed E-state index contributed by atoms with van der Waals surface area (Å²) in [5.41, 5.74) is 4.94. The van der Waals surface area contributed by atoms with Gasteiger partial charge in [-0.05, 0) is 40.3 Å². The fourth-order valence-corrected chi connectivity index (χ4v) is 3.69. The van der Waals surface area contributed by atoms with E-state index in [1.54, 1.807) is 0 Å². The van der Waals surface area contributed by atoms with Gasteiger partial charge in [0.05, 0.1) is 0 Å². The molecule has 1 aliphatic carbocycles. The van der Waals surface area contributed by atoms with Gasteiger partial charge in [0.25, 0.3) is 0 Å². The molecule has 150 valence electrons. The Kier molecular flexibility index (Phi) is 5.87. The maximum absolute atomic E-state index is 12.1. The Morgan fingerprint density at radius 2 is 1.73 bits per heavy atom. The lowest BCUT2D eigenvalue weighted by molar-refractivity contribution is 0.143. The van der Waals surface area contributed by atoms with Crippen molar-refractivity contribution in [3.05, 3.63) is 82.6 Å². The summed E-state index contributed by atoms with van der Waals surface area (Å²) < 4.78 is 5.47. The number of nitrogens with one attached hydrogen (secondary N) is 1. The van der Waals surface area contributed by atoms with Crippen LogP contribution in [0.1, 0.15) is 29.2 Å². The third-order valence-electron chi connectivity index (χ3n) is 4.91. The lowest BCUT2D eigenvalue weighted by Crippen LogP contribution is -2.26. The number of ether oxygens (including phenoxy) is 1. The number of fused-ring (bicyclic) bond motifs is 3. The second-order valence-electron chi connectivity index (χ2n) is 6.81. The summed E-state index contributed by atoms with van der Waals surface area (Å²) in [4.78, 5) is 16.0. The third-order valence-corrected chi connectivity index (χ3v) is 5.12. The van der Waals surface area contributed by atoms with Gasteiger partial charge in [-0.2, -0.15) is 0 Å². The largest absolute Gasteiger partial charge is 0.505 e. The quantitative estimate of drug-likeness (QED) is 0.365. The molecule has 0 unspecified atom stereocenters. The molecule has 2 aromatic carbocycles. The van der Waals surface area contributed by atoms with Gasteiger partial charge in [-0.15, -0.1) is 0 Å². The predicted octanol–water partition coefficient (Wildman–Crippen LogP) is 4.72. The summed E-state index contributed by atoms with van der Waals surface area (Å²) in [7, 11) is 0. The monoisotopic (exact) mass is 418 g/mol. The van der Waals surface area contributed by atoms with E-state index in [4.69, 9.17) is 16.3 Å². The molecule has 2 N–H and O–H groups in total. The van der Waals surface area contributed by atoms with Gasteiger partial charge in [0.2, 0.25) is 0 Å². The fraction of sp³-hybridized carbons (Fsp3) is 0.167. The molecular weight excluding hydrogens is 400 g/mol. The van der Waals surface area contributed by atoms with E-state index >= 15 is 0 Å². The maximum Gasteiger partial charge on any atom is 0.407 e. The Morgan fingerprint density at radius 3 is 2.43 bits per heavy atom. The standard InChI is InChI=1S/C24H19ClN2O3/c25-23-13-12-22(28)21(27-23)11-5-6-14-26-24(29)30-15-20-18-9-3-1-7-16(18)17-8-2-4-10-19(17)20/h1-4,7-10,12-13,20,28H,6,14-15H2,(H,26,29). The van der Waals surface area contributed by atoms with Crippen LogP contribution >= 0.6 is 11.6 Å². The van der Waals surface area contributed by atoms with Gasteiger partial charge < -0.3 is 15.2 Å². The van der Waals surface area contributed by atoms with Crippen LogP contribution in [0.5, 0.6) is 5.75 Å². The molecule has 0 spiro atoms. The molecule has 5 nitrogen and oxygen atoms in total.